The van der Waals surface area contributed by atoms with Crippen LogP contribution in [0.1, 0.15) is 21.5 Å². The minimum atomic E-state index is -1.16. The third-order valence-electron chi connectivity index (χ3n) is 4.14. The second kappa shape index (κ2) is 7.53. The lowest BCUT2D eigenvalue weighted by Gasteiger charge is -2.14. The van der Waals surface area contributed by atoms with Crippen molar-refractivity contribution in [2.75, 3.05) is 0 Å². The third kappa shape index (κ3) is 3.67. The fraction of sp³-hybridized carbons (Fsp3) is 0.0952. The molecule has 0 atom stereocenters. The van der Waals surface area contributed by atoms with E-state index in [4.69, 9.17) is 19.2 Å². The zero-order chi connectivity index (χ0) is 19.7. The summed E-state index contributed by atoms with van der Waals surface area (Å²) in [7, 11) is 0. The Labute approximate surface area is 169 Å². The van der Waals surface area contributed by atoms with Crippen LogP contribution in [0, 0.1) is 6.92 Å². The Morgan fingerprint density at radius 3 is 2.57 bits per heavy atom. The minimum Gasteiger partial charge on any atom is -0.477 e. The van der Waals surface area contributed by atoms with Crippen LogP contribution in [0.25, 0.3) is 0 Å². The predicted molar refractivity (Wildman–Crippen MR) is 104 cm³/mol. The number of halogens is 1. The Balaban J connectivity index is 1.68. The Morgan fingerprint density at radius 2 is 1.82 bits per heavy atom. The molecule has 0 aliphatic carbocycles. The fourth-order valence-electron chi connectivity index (χ4n) is 2.78. The molecule has 0 unspecified atom stereocenters. The molecule has 0 bridgehead atoms. The highest BCUT2D eigenvalue weighted by Crippen LogP contribution is 2.38. The first-order valence-electron chi connectivity index (χ1n) is 8.42. The van der Waals surface area contributed by atoms with E-state index in [1.54, 1.807) is 36.4 Å². The summed E-state index contributed by atoms with van der Waals surface area (Å²) in [6.07, 6.45) is 0. The summed E-state index contributed by atoms with van der Waals surface area (Å²) < 4.78 is 12.4. The van der Waals surface area contributed by atoms with Crippen LogP contribution < -0.4 is 14.4 Å². The molecule has 3 aromatic carbocycles. The average molecular weight is 443 g/mol. The van der Waals surface area contributed by atoms with Gasteiger partial charge in [0, 0.05) is 11.6 Å². The topological polar surface area (TPSA) is 74.2 Å². The predicted octanol–water partition coefficient (Wildman–Crippen LogP) is 5.86. The van der Waals surface area contributed by atoms with Gasteiger partial charge in [0.15, 0.2) is 5.75 Å². The van der Waals surface area contributed by atoms with E-state index in [-0.39, 0.29) is 17.1 Å². The van der Waals surface area contributed by atoms with Gasteiger partial charge in [-0.3, -0.25) is 0 Å². The Hall–Kier alpha value is -3.03. The largest absolute Gasteiger partial charge is 0.477 e. The summed E-state index contributed by atoms with van der Waals surface area (Å²) in [5.74, 6) is 0.663. The first-order chi connectivity index (χ1) is 13.5. The van der Waals surface area contributed by atoms with Gasteiger partial charge in [-0.1, -0.05) is 12.1 Å². The molecule has 6 nitrogen and oxygen atoms in total. The number of fused-ring (bicyclic) bond motifs is 1. The summed E-state index contributed by atoms with van der Waals surface area (Å²) >= 11 is 3.44. The molecular formula is C21H15BrO6. The maximum atomic E-state index is 11.9. The monoisotopic (exact) mass is 442 g/mol. The molecule has 0 fully saturated rings. The number of carboxylic acids is 1. The van der Waals surface area contributed by atoms with Crippen molar-refractivity contribution in [2.24, 2.45) is 0 Å². The minimum absolute atomic E-state index is 0.0763. The molecule has 142 valence electrons. The molecule has 1 aliphatic rings. The summed E-state index contributed by atoms with van der Waals surface area (Å²) in [6, 6.07) is 15.6. The van der Waals surface area contributed by atoms with E-state index in [1.165, 1.54) is 0 Å². The van der Waals surface area contributed by atoms with Crippen LogP contribution in [-0.2, 0) is 11.5 Å². The molecular weight excluding hydrogens is 428 g/mol. The maximum absolute atomic E-state index is 11.9. The number of aromatic carboxylic acids is 1. The number of rotatable bonds is 5. The van der Waals surface area contributed by atoms with E-state index in [2.05, 4.69) is 15.9 Å². The van der Waals surface area contributed by atoms with E-state index in [9.17, 15) is 9.90 Å². The molecule has 0 spiro atoms. The molecule has 0 saturated heterocycles. The van der Waals surface area contributed by atoms with E-state index in [0.717, 1.165) is 15.6 Å². The zero-order valence-corrected chi connectivity index (χ0v) is 16.4. The smallest absolute Gasteiger partial charge is 0.343 e. The van der Waals surface area contributed by atoms with Crippen molar-refractivity contribution in [1.29, 1.82) is 0 Å². The average Bonchev–Trinajstić information content (AvgIpc) is 3.12. The first-order valence-corrected chi connectivity index (χ1v) is 9.21. The Bertz CT molecular complexity index is 1060. The molecule has 0 amide bonds. The summed E-state index contributed by atoms with van der Waals surface area (Å²) in [5.41, 5.74) is 1.87. The van der Waals surface area contributed by atoms with Crippen molar-refractivity contribution < 1.29 is 29.1 Å². The van der Waals surface area contributed by atoms with Crippen molar-refractivity contribution in [3.05, 3.63) is 75.8 Å². The SMILES string of the molecule is Cc1ccc(Oc2cccc(Oc3ccc4c(c3)OOC4)c2C(=O)O)c(Br)c1. The molecule has 1 N–H and O–H groups in total. The van der Waals surface area contributed by atoms with Gasteiger partial charge < -0.3 is 19.5 Å². The quantitative estimate of drug-likeness (QED) is 0.498. The van der Waals surface area contributed by atoms with Gasteiger partial charge in [-0.2, -0.15) is 4.89 Å². The summed E-state index contributed by atoms with van der Waals surface area (Å²) in [4.78, 5) is 21.9. The molecule has 4 rings (SSSR count). The van der Waals surface area contributed by atoms with Crippen molar-refractivity contribution >= 4 is 21.9 Å². The van der Waals surface area contributed by atoms with E-state index in [1.807, 2.05) is 25.1 Å². The van der Waals surface area contributed by atoms with Crippen LogP contribution in [0.15, 0.2) is 59.1 Å². The number of benzene rings is 3. The Kier molecular flexibility index (Phi) is 4.93. The Morgan fingerprint density at radius 1 is 1.04 bits per heavy atom. The van der Waals surface area contributed by atoms with Gasteiger partial charge >= 0.3 is 5.97 Å². The normalized spacial score (nSPS) is 12.2. The number of ether oxygens (including phenoxy) is 2. The van der Waals surface area contributed by atoms with Crippen LogP contribution in [0.5, 0.6) is 28.7 Å². The van der Waals surface area contributed by atoms with Gasteiger partial charge in [0.05, 0.1) is 4.47 Å². The molecule has 0 radical (unpaired) electrons. The van der Waals surface area contributed by atoms with E-state index < -0.39 is 5.97 Å². The number of carboxylic acid groups (broad SMARTS) is 1. The highest BCUT2D eigenvalue weighted by Gasteiger charge is 2.21. The molecule has 28 heavy (non-hydrogen) atoms. The van der Waals surface area contributed by atoms with Crippen LogP contribution >= 0.6 is 15.9 Å². The molecule has 3 aromatic rings. The van der Waals surface area contributed by atoms with Gasteiger partial charge in [0.2, 0.25) is 0 Å². The molecule has 1 aliphatic heterocycles. The fourth-order valence-corrected chi connectivity index (χ4v) is 3.35. The second-order valence-corrected chi connectivity index (χ2v) is 7.04. The van der Waals surface area contributed by atoms with Crippen LogP contribution in [-0.4, -0.2) is 11.1 Å². The third-order valence-corrected chi connectivity index (χ3v) is 4.76. The maximum Gasteiger partial charge on any atom is 0.343 e. The molecule has 1 heterocycles. The van der Waals surface area contributed by atoms with Gasteiger partial charge in [0.25, 0.3) is 0 Å². The van der Waals surface area contributed by atoms with Crippen molar-refractivity contribution in [3.8, 4) is 28.7 Å². The standard InChI is InChI=1S/C21H15BrO6/c1-12-5-8-16(15(22)9-12)27-18-4-2-3-17(20(18)21(23)24)26-14-7-6-13-11-25-28-19(13)10-14/h2-10H,11H2,1H3,(H,23,24). The number of carbonyl (C=O) groups is 1. The van der Waals surface area contributed by atoms with E-state index in [0.29, 0.717) is 23.9 Å². The van der Waals surface area contributed by atoms with Crippen molar-refractivity contribution in [3.63, 3.8) is 0 Å². The molecule has 0 aromatic heterocycles. The highest BCUT2D eigenvalue weighted by atomic mass is 79.9. The van der Waals surface area contributed by atoms with Gasteiger partial charge in [-0.15, -0.1) is 0 Å². The summed E-state index contributed by atoms with van der Waals surface area (Å²) in [5, 5.41) is 9.75. The van der Waals surface area contributed by atoms with Crippen LogP contribution in [0.3, 0.4) is 0 Å². The van der Waals surface area contributed by atoms with Gasteiger partial charge in [-0.25, -0.2) is 4.79 Å². The van der Waals surface area contributed by atoms with Crippen molar-refractivity contribution in [1.82, 2.24) is 0 Å². The molecule has 0 saturated carbocycles. The van der Waals surface area contributed by atoms with Gasteiger partial charge in [-0.05, 0) is 64.8 Å². The first kappa shape index (κ1) is 18.3. The van der Waals surface area contributed by atoms with Gasteiger partial charge in [0.1, 0.15) is 35.2 Å². The second-order valence-electron chi connectivity index (χ2n) is 6.19. The molecule has 7 heteroatoms. The van der Waals surface area contributed by atoms with Crippen molar-refractivity contribution in [2.45, 2.75) is 13.5 Å². The van der Waals surface area contributed by atoms with E-state index >= 15 is 0 Å². The lowest BCUT2D eigenvalue weighted by molar-refractivity contribution is -0.194. The zero-order valence-electron chi connectivity index (χ0n) is 14.8. The number of aryl methyl sites for hydroxylation is 1. The lowest BCUT2D eigenvalue weighted by Crippen LogP contribution is -2.03. The summed E-state index contributed by atoms with van der Waals surface area (Å²) in [6.45, 7) is 2.32. The highest BCUT2D eigenvalue weighted by molar-refractivity contribution is 9.10. The number of hydrogen-bond donors (Lipinski definition) is 1. The lowest BCUT2D eigenvalue weighted by atomic mass is 10.1. The van der Waals surface area contributed by atoms with Crippen LogP contribution in [0.2, 0.25) is 0 Å². The van der Waals surface area contributed by atoms with Crippen LogP contribution in [0.4, 0.5) is 0 Å². The number of hydrogen-bond acceptors (Lipinski definition) is 5.